The lowest BCUT2D eigenvalue weighted by molar-refractivity contribution is -0.384. The molecular formula is C11H10N2O5. The van der Waals surface area contributed by atoms with Crippen molar-refractivity contribution in [3.63, 3.8) is 0 Å². The van der Waals surface area contributed by atoms with Gasteiger partial charge in [-0.15, -0.1) is 0 Å². The predicted molar refractivity (Wildman–Crippen MR) is 61.6 cm³/mol. The minimum atomic E-state index is -0.552. The lowest BCUT2D eigenvalue weighted by Gasteiger charge is -2.17. The number of ether oxygens (including phenoxy) is 1. The summed E-state index contributed by atoms with van der Waals surface area (Å²) in [6.07, 6.45) is -0.139. The van der Waals surface area contributed by atoms with Crippen LogP contribution in [0, 0.1) is 10.1 Å². The molecule has 1 amide bonds. The van der Waals surface area contributed by atoms with Crippen LogP contribution in [0.5, 0.6) is 5.75 Å². The van der Waals surface area contributed by atoms with Gasteiger partial charge in [0.05, 0.1) is 36.8 Å². The van der Waals surface area contributed by atoms with E-state index in [1.165, 1.54) is 30.2 Å². The number of hydrogen-bond acceptors (Lipinski definition) is 5. The summed E-state index contributed by atoms with van der Waals surface area (Å²) in [6.45, 7) is -0.0208. The van der Waals surface area contributed by atoms with Crippen LogP contribution < -0.4 is 9.64 Å². The molecule has 1 aromatic rings. The quantitative estimate of drug-likeness (QED) is 0.452. The van der Waals surface area contributed by atoms with Gasteiger partial charge in [-0.1, -0.05) is 0 Å². The standard InChI is InChI=1S/C11H10N2O5/c1-18-10-4-7(13(16)17)2-3-9(10)12-6-8(14)5-11(12)15/h2-4H,5-6H2,1H3. The number of nitro benzene ring substituents is 1. The summed E-state index contributed by atoms with van der Waals surface area (Å²) in [5, 5.41) is 10.6. The second kappa shape index (κ2) is 4.44. The van der Waals surface area contributed by atoms with Gasteiger partial charge in [0.1, 0.15) is 5.75 Å². The van der Waals surface area contributed by atoms with E-state index in [9.17, 15) is 19.7 Å². The molecule has 1 aromatic carbocycles. The summed E-state index contributed by atoms with van der Waals surface area (Å²) in [4.78, 5) is 34.1. The zero-order valence-corrected chi connectivity index (χ0v) is 9.58. The van der Waals surface area contributed by atoms with Gasteiger partial charge >= 0.3 is 0 Å². The van der Waals surface area contributed by atoms with Gasteiger partial charge in [-0.2, -0.15) is 0 Å². The van der Waals surface area contributed by atoms with Gasteiger partial charge in [-0.25, -0.2) is 0 Å². The topological polar surface area (TPSA) is 89.8 Å². The lowest BCUT2D eigenvalue weighted by atomic mass is 10.2. The Morgan fingerprint density at radius 1 is 1.39 bits per heavy atom. The molecule has 7 heteroatoms. The van der Waals surface area contributed by atoms with E-state index in [4.69, 9.17) is 4.74 Å². The van der Waals surface area contributed by atoms with E-state index in [1.54, 1.807) is 0 Å². The molecule has 0 saturated carbocycles. The van der Waals surface area contributed by atoms with E-state index < -0.39 is 4.92 Å². The fourth-order valence-electron chi connectivity index (χ4n) is 1.81. The first-order valence-electron chi connectivity index (χ1n) is 5.17. The van der Waals surface area contributed by atoms with Crippen molar-refractivity contribution in [1.29, 1.82) is 0 Å². The van der Waals surface area contributed by atoms with Crippen LogP contribution in [-0.4, -0.2) is 30.3 Å². The average molecular weight is 250 g/mol. The number of carbonyl (C=O) groups excluding carboxylic acids is 2. The lowest BCUT2D eigenvalue weighted by Crippen LogP contribution is -2.25. The highest BCUT2D eigenvalue weighted by molar-refractivity contribution is 6.15. The Bertz CT molecular complexity index is 540. The number of carbonyl (C=O) groups is 2. The third kappa shape index (κ3) is 2.02. The van der Waals surface area contributed by atoms with Crippen molar-refractivity contribution < 1.29 is 19.2 Å². The number of anilines is 1. The van der Waals surface area contributed by atoms with Crippen molar-refractivity contribution in [2.45, 2.75) is 6.42 Å². The van der Waals surface area contributed by atoms with Crippen LogP contribution in [0.4, 0.5) is 11.4 Å². The monoisotopic (exact) mass is 250 g/mol. The zero-order chi connectivity index (χ0) is 13.3. The molecule has 18 heavy (non-hydrogen) atoms. The van der Waals surface area contributed by atoms with E-state index in [1.807, 2.05) is 0 Å². The Kier molecular flexibility index (Phi) is 2.97. The average Bonchev–Trinajstić information content (AvgIpc) is 2.67. The Hall–Kier alpha value is -2.44. The fourth-order valence-corrected chi connectivity index (χ4v) is 1.81. The molecule has 0 radical (unpaired) electrons. The molecular weight excluding hydrogens is 240 g/mol. The summed E-state index contributed by atoms with van der Waals surface area (Å²) in [7, 11) is 1.35. The number of nitrogens with zero attached hydrogens (tertiary/aromatic N) is 2. The minimum absolute atomic E-state index is 0.0208. The highest BCUT2D eigenvalue weighted by atomic mass is 16.6. The number of hydrogen-bond donors (Lipinski definition) is 0. The van der Waals surface area contributed by atoms with Crippen LogP contribution in [-0.2, 0) is 9.59 Å². The van der Waals surface area contributed by atoms with Crippen molar-refractivity contribution in [3.8, 4) is 5.75 Å². The maximum atomic E-state index is 11.6. The Morgan fingerprint density at radius 2 is 2.11 bits per heavy atom. The molecule has 2 rings (SSSR count). The van der Waals surface area contributed by atoms with Crippen LogP contribution in [0.3, 0.4) is 0 Å². The van der Waals surface area contributed by atoms with E-state index in [-0.39, 0.29) is 36.1 Å². The van der Waals surface area contributed by atoms with Crippen LogP contribution in [0.1, 0.15) is 6.42 Å². The van der Waals surface area contributed by atoms with Gasteiger partial charge in [0.25, 0.3) is 5.69 Å². The molecule has 0 spiro atoms. The number of non-ortho nitro benzene ring substituents is 1. The van der Waals surface area contributed by atoms with E-state index >= 15 is 0 Å². The summed E-state index contributed by atoms with van der Waals surface area (Å²) in [6, 6.07) is 3.91. The Labute approximate surface area is 102 Å². The minimum Gasteiger partial charge on any atom is -0.494 e. The highest BCUT2D eigenvalue weighted by Crippen LogP contribution is 2.33. The number of benzene rings is 1. The van der Waals surface area contributed by atoms with Crippen LogP contribution in [0.2, 0.25) is 0 Å². The number of Topliss-reactive ketones (excluding diaryl/α,β-unsaturated/α-hetero) is 1. The molecule has 0 aromatic heterocycles. The maximum Gasteiger partial charge on any atom is 0.273 e. The highest BCUT2D eigenvalue weighted by Gasteiger charge is 2.31. The van der Waals surface area contributed by atoms with Gasteiger partial charge in [-0.05, 0) is 6.07 Å². The Balaban J connectivity index is 2.42. The summed E-state index contributed by atoms with van der Waals surface area (Å²) >= 11 is 0. The van der Waals surface area contributed by atoms with Crippen molar-refractivity contribution >= 4 is 23.1 Å². The Morgan fingerprint density at radius 3 is 2.61 bits per heavy atom. The molecule has 1 fully saturated rings. The van der Waals surface area contributed by atoms with Crippen molar-refractivity contribution in [2.75, 3.05) is 18.6 Å². The number of amides is 1. The van der Waals surface area contributed by atoms with Crippen LogP contribution in [0.25, 0.3) is 0 Å². The molecule has 0 aliphatic carbocycles. The molecule has 7 nitrogen and oxygen atoms in total. The molecule has 94 valence electrons. The SMILES string of the molecule is COc1cc([N+](=O)[O-])ccc1N1CC(=O)CC1=O. The first kappa shape index (κ1) is 12.0. The molecule has 1 aliphatic heterocycles. The molecule has 1 heterocycles. The second-order valence-electron chi connectivity index (χ2n) is 3.81. The van der Waals surface area contributed by atoms with Gasteiger partial charge in [0.2, 0.25) is 5.91 Å². The van der Waals surface area contributed by atoms with E-state index in [0.717, 1.165) is 0 Å². The maximum absolute atomic E-state index is 11.6. The van der Waals surface area contributed by atoms with Gasteiger partial charge in [0.15, 0.2) is 5.78 Å². The first-order valence-corrected chi connectivity index (χ1v) is 5.17. The molecule has 0 unspecified atom stereocenters. The van der Waals surface area contributed by atoms with Gasteiger partial charge in [-0.3, -0.25) is 19.7 Å². The summed E-state index contributed by atoms with van der Waals surface area (Å²) in [5.74, 6) is -0.306. The third-order valence-corrected chi connectivity index (χ3v) is 2.65. The van der Waals surface area contributed by atoms with Gasteiger partial charge in [0, 0.05) is 6.07 Å². The molecule has 0 N–H and O–H groups in total. The number of ketones is 1. The largest absolute Gasteiger partial charge is 0.494 e. The van der Waals surface area contributed by atoms with Crippen molar-refractivity contribution in [2.24, 2.45) is 0 Å². The molecule has 0 bridgehead atoms. The normalized spacial score (nSPS) is 15.1. The van der Waals surface area contributed by atoms with Gasteiger partial charge < -0.3 is 9.64 Å². The van der Waals surface area contributed by atoms with E-state index in [2.05, 4.69) is 0 Å². The number of methoxy groups -OCH3 is 1. The predicted octanol–water partition coefficient (Wildman–Crippen LogP) is 0.909. The molecule has 1 aliphatic rings. The summed E-state index contributed by atoms with van der Waals surface area (Å²) in [5.41, 5.74) is 0.243. The smallest absolute Gasteiger partial charge is 0.273 e. The summed E-state index contributed by atoms with van der Waals surface area (Å²) < 4.78 is 5.02. The third-order valence-electron chi connectivity index (χ3n) is 2.65. The molecule has 1 saturated heterocycles. The number of rotatable bonds is 3. The zero-order valence-electron chi connectivity index (χ0n) is 9.58. The number of nitro groups is 1. The van der Waals surface area contributed by atoms with Crippen molar-refractivity contribution in [3.05, 3.63) is 28.3 Å². The second-order valence-corrected chi connectivity index (χ2v) is 3.81. The first-order chi connectivity index (χ1) is 8.52. The van der Waals surface area contributed by atoms with Crippen LogP contribution in [0.15, 0.2) is 18.2 Å². The van der Waals surface area contributed by atoms with Crippen molar-refractivity contribution in [1.82, 2.24) is 0 Å². The fraction of sp³-hybridized carbons (Fsp3) is 0.273. The van der Waals surface area contributed by atoms with E-state index in [0.29, 0.717) is 5.69 Å². The van der Waals surface area contributed by atoms with Crippen LogP contribution >= 0.6 is 0 Å². The molecule has 0 atom stereocenters.